The van der Waals surface area contributed by atoms with Gasteiger partial charge in [0.2, 0.25) is 0 Å². The Kier molecular flexibility index (Phi) is 5.89. The van der Waals surface area contributed by atoms with E-state index in [1.165, 1.54) is 75.8 Å². The van der Waals surface area contributed by atoms with E-state index >= 15 is 0 Å². The van der Waals surface area contributed by atoms with Crippen LogP contribution < -0.4 is 0 Å². The average Bonchev–Trinajstić information content (AvgIpc) is 3.75. The van der Waals surface area contributed by atoms with Crippen molar-refractivity contribution < 1.29 is 4.42 Å². The van der Waals surface area contributed by atoms with Gasteiger partial charge in [-0.25, -0.2) is 0 Å². The average molecular weight is 653 g/mol. The van der Waals surface area contributed by atoms with Crippen molar-refractivity contribution in [2.45, 2.75) is 0 Å². The molecule has 2 aromatic heterocycles. The predicted molar refractivity (Wildman–Crippen MR) is 213 cm³/mol. The van der Waals surface area contributed by atoms with Crippen LogP contribution >= 0.6 is 11.3 Å². The molecule has 1 aliphatic rings. The second-order valence-corrected chi connectivity index (χ2v) is 14.3. The van der Waals surface area contributed by atoms with Crippen LogP contribution in [0.2, 0.25) is 0 Å². The van der Waals surface area contributed by atoms with Gasteiger partial charge in [0.15, 0.2) is 0 Å². The lowest BCUT2D eigenvalue weighted by atomic mass is 9.79. The molecule has 1 aliphatic carbocycles. The van der Waals surface area contributed by atoms with Crippen molar-refractivity contribution in [3.05, 3.63) is 170 Å². The predicted octanol–water partition coefficient (Wildman–Crippen LogP) is 14.3. The summed E-state index contributed by atoms with van der Waals surface area (Å²) < 4.78 is 9.17. The Hall–Kier alpha value is -6.22. The first kappa shape index (κ1) is 27.7. The van der Waals surface area contributed by atoms with Crippen LogP contribution in [0.3, 0.4) is 0 Å². The topological polar surface area (TPSA) is 13.1 Å². The maximum absolute atomic E-state index is 6.52. The van der Waals surface area contributed by atoms with Gasteiger partial charge in [0.1, 0.15) is 11.2 Å². The van der Waals surface area contributed by atoms with Crippen LogP contribution in [0.15, 0.2) is 174 Å². The summed E-state index contributed by atoms with van der Waals surface area (Å²) in [6.45, 7) is 0. The molecule has 0 amide bonds. The molecule has 0 fully saturated rings. The van der Waals surface area contributed by atoms with Crippen LogP contribution in [0.1, 0.15) is 0 Å². The molecule has 2 heterocycles. The maximum Gasteiger partial charge on any atom is 0.143 e. The summed E-state index contributed by atoms with van der Waals surface area (Å²) in [5.41, 5.74) is 16.4. The molecular formula is C48H28OS. The summed E-state index contributed by atoms with van der Waals surface area (Å²) >= 11 is 1.86. The summed E-state index contributed by atoms with van der Waals surface area (Å²) in [7, 11) is 0. The molecule has 0 unspecified atom stereocenters. The molecule has 8 aromatic carbocycles. The third-order valence-electron chi connectivity index (χ3n) is 10.5. The van der Waals surface area contributed by atoms with Gasteiger partial charge in [-0.1, -0.05) is 133 Å². The molecule has 232 valence electrons. The highest BCUT2D eigenvalue weighted by atomic mass is 32.1. The van der Waals surface area contributed by atoms with Crippen LogP contribution in [0, 0.1) is 0 Å². The van der Waals surface area contributed by atoms with E-state index in [0.29, 0.717) is 0 Å². The van der Waals surface area contributed by atoms with Gasteiger partial charge in [0.25, 0.3) is 0 Å². The van der Waals surface area contributed by atoms with E-state index in [1.807, 2.05) is 17.4 Å². The molecule has 0 saturated carbocycles. The SMILES string of the molecule is c1ccc2c(c1)-c1ccccc1-c1cc(-c3cccc4c3oc3ccccc34)ccc1-c1cc(-c3ccc4sc5ccccc5c4c3)ccc1-2. The van der Waals surface area contributed by atoms with Crippen molar-refractivity contribution >= 4 is 53.4 Å². The summed E-state index contributed by atoms with van der Waals surface area (Å²) in [5.74, 6) is 0. The van der Waals surface area contributed by atoms with Crippen molar-refractivity contribution in [3.8, 4) is 66.8 Å². The second kappa shape index (κ2) is 10.6. The maximum atomic E-state index is 6.52. The number of hydrogen-bond acceptors (Lipinski definition) is 2. The Morgan fingerprint density at radius 3 is 1.58 bits per heavy atom. The molecule has 0 spiro atoms. The van der Waals surface area contributed by atoms with E-state index in [2.05, 4.69) is 164 Å². The van der Waals surface area contributed by atoms with Gasteiger partial charge >= 0.3 is 0 Å². The van der Waals surface area contributed by atoms with Crippen molar-refractivity contribution in [1.82, 2.24) is 0 Å². The quantitative estimate of drug-likeness (QED) is 0.181. The Balaban J connectivity index is 1.17. The van der Waals surface area contributed by atoms with Crippen LogP contribution in [0.5, 0.6) is 0 Å². The highest BCUT2D eigenvalue weighted by molar-refractivity contribution is 7.25. The van der Waals surface area contributed by atoms with Crippen molar-refractivity contribution in [2.75, 3.05) is 0 Å². The zero-order chi connectivity index (χ0) is 32.8. The zero-order valence-corrected chi connectivity index (χ0v) is 27.8. The van der Waals surface area contributed by atoms with Crippen LogP contribution in [-0.2, 0) is 0 Å². The van der Waals surface area contributed by atoms with Crippen molar-refractivity contribution in [2.24, 2.45) is 0 Å². The molecule has 2 heteroatoms. The third-order valence-corrected chi connectivity index (χ3v) is 11.6. The highest BCUT2D eigenvalue weighted by Gasteiger charge is 2.23. The first-order chi connectivity index (χ1) is 24.8. The van der Waals surface area contributed by atoms with Gasteiger partial charge in [-0.3, -0.25) is 0 Å². The summed E-state index contributed by atoms with van der Waals surface area (Å²) in [6.07, 6.45) is 0. The highest BCUT2D eigenvalue weighted by Crippen LogP contribution is 2.50. The van der Waals surface area contributed by atoms with Gasteiger partial charge in [-0.05, 0) is 97.6 Å². The number of rotatable bonds is 2. The summed E-state index contributed by atoms with van der Waals surface area (Å²) in [4.78, 5) is 0. The van der Waals surface area contributed by atoms with Gasteiger partial charge in [-0.2, -0.15) is 0 Å². The number of benzene rings is 8. The molecule has 0 N–H and O–H groups in total. The number of hydrogen-bond donors (Lipinski definition) is 0. The largest absolute Gasteiger partial charge is 0.455 e. The van der Waals surface area contributed by atoms with E-state index in [9.17, 15) is 0 Å². The lowest BCUT2D eigenvalue weighted by Gasteiger charge is -2.24. The second-order valence-electron chi connectivity index (χ2n) is 13.2. The molecule has 0 radical (unpaired) electrons. The standard InChI is InChI=1S/C48H28OS/c1-2-12-35-33(10-1)34-11-3-4-13-36(34)43-28-31(32-16-9-17-41-39-14-5-7-18-45(39)49-48(32)41)21-24-38(43)42-26-29(20-23-37(35)42)30-22-25-47-44(27-30)40-15-6-8-19-46(40)50-47/h1-28H. The molecular weight excluding hydrogens is 625 g/mol. The minimum absolute atomic E-state index is 0.915. The van der Waals surface area contributed by atoms with E-state index in [1.54, 1.807) is 0 Å². The Bertz CT molecular complexity index is 2990. The van der Waals surface area contributed by atoms with Crippen LogP contribution in [-0.4, -0.2) is 0 Å². The lowest BCUT2D eigenvalue weighted by molar-refractivity contribution is 0.670. The number of para-hydroxylation sites is 2. The first-order valence-corrected chi connectivity index (χ1v) is 17.9. The molecule has 11 rings (SSSR count). The fourth-order valence-electron chi connectivity index (χ4n) is 8.14. The van der Waals surface area contributed by atoms with E-state index in [0.717, 1.165) is 33.1 Å². The van der Waals surface area contributed by atoms with Crippen LogP contribution in [0.4, 0.5) is 0 Å². The van der Waals surface area contributed by atoms with Crippen molar-refractivity contribution in [3.63, 3.8) is 0 Å². The van der Waals surface area contributed by atoms with Crippen LogP contribution in [0.25, 0.3) is 109 Å². The van der Waals surface area contributed by atoms with Gasteiger partial charge in [0.05, 0.1) is 0 Å². The Morgan fingerprint density at radius 1 is 0.300 bits per heavy atom. The normalized spacial score (nSPS) is 12.0. The lowest BCUT2D eigenvalue weighted by Crippen LogP contribution is -1.98. The van der Waals surface area contributed by atoms with Gasteiger partial charge in [0, 0.05) is 36.5 Å². The summed E-state index contributed by atoms with van der Waals surface area (Å²) in [6, 6.07) is 62.3. The number of thiophene rings is 1. The van der Waals surface area contributed by atoms with Gasteiger partial charge in [-0.15, -0.1) is 11.3 Å². The van der Waals surface area contributed by atoms with E-state index in [4.69, 9.17) is 4.42 Å². The van der Waals surface area contributed by atoms with Gasteiger partial charge < -0.3 is 4.42 Å². The number of fused-ring (bicyclic) bond motifs is 14. The molecule has 0 saturated heterocycles. The third kappa shape index (κ3) is 4.06. The fourth-order valence-corrected chi connectivity index (χ4v) is 9.22. The van der Waals surface area contributed by atoms with E-state index in [-0.39, 0.29) is 0 Å². The molecule has 1 nitrogen and oxygen atoms in total. The molecule has 10 aromatic rings. The molecule has 0 aliphatic heterocycles. The molecule has 50 heavy (non-hydrogen) atoms. The molecule has 0 atom stereocenters. The Labute approximate surface area is 293 Å². The van der Waals surface area contributed by atoms with Crippen molar-refractivity contribution in [1.29, 1.82) is 0 Å². The minimum Gasteiger partial charge on any atom is -0.455 e. The van der Waals surface area contributed by atoms with E-state index < -0.39 is 0 Å². The monoisotopic (exact) mass is 652 g/mol. The minimum atomic E-state index is 0.915. The first-order valence-electron chi connectivity index (χ1n) is 17.1. The summed E-state index contributed by atoms with van der Waals surface area (Å²) in [5, 5.41) is 4.93. The molecule has 0 bridgehead atoms. The fraction of sp³-hybridized carbons (Fsp3) is 0. The number of furan rings is 1. The Morgan fingerprint density at radius 2 is 0.800 bits per heavy atom. The zero-order valence-electron chi connectivity index (χ0n) is 27.0. The smallest absolute Gasteiger partial charge is 0.143 e.